The summed E-state index contributed by atoms with van der Waals surface area (Å²) in [4.78, 5) is 10.6. The van der Waals surface area contributed by atoms with E-state index >= 15 is 0 Å². The lowest BCUT2D eigenvalue weighted by molar-refractivity contribution is 0.979. The van der Waals surface area contributed by atoms with Crippen LogP contribution in [0.1, 0.15) is 0 Å². The average Bonchev–Trinajstić information content (AvgIpc) is 3.94. The molecule has 0 aliphatic heterocycles. The average molecular weight is 809 g/mol. The maximum Gasteiger partial charge on any atom is 0.160 e. The van der Waals surface area contributed by atoms with E-state index in [9.17, 15) is 0 Å². The lowest BCUT2D eigenvalue weighted by Crippen LogP contribution is -1.96. The Hall–Kier alpha value is -7.99. The van der Waals surface area contributed by atoms with Crippen LogP contribution in [0.3, 0.4) is 0 Å². The zero-order valence-corrected chi connectivity index (χ0v) is 34.3. The van der Waals surface area contributed by atoms with Crippen LogP contribution in [0.4, 0.5) is 0 Å². The highest BCUT2D eigenvalue weighted by Crippen LogP contribution is 2.42. The van der Waals surface area contributed by atoms with Gasteiger partial charge in [0.05, 0.1) is 22.6 Å². The van der Waals surface area contributed by atoms with Gasteiger partial charge in [0.2, 0.25) is 0 Å². The molecule has 12 aromatic rings. The van der Waals surface area contributed by atoms with Crippen LogP contribution in [0, 0.1) is 0 Å². The molecule has 4 nitrogen and oxygen atoms in total. The minimum absolute atomic E-state index is 0.662. The second-order valence-electron chi connectivity index (χ2n) is 15.6. The number of benzene rings is 8. The van der Waals surface area contributed by atoms with E-state index in [0.717, 1.165) is 78.0 Å². The molecule has 0 bridgehead atoms. The normalized spacial score (nSPS) is 11.5. The Morgan fingerprint density at radius 1 is 0.355 bits per heavy atom. The molecule has 5 heteroatoms. The molecule has 0 fully saturated rings. The highest BCUT2D eigenvalue weighted by atomic mass is 32.1. The van der Waals surface area contributed by atoms with Crippen molar-refractivity contribution in [3.63, 3.8) is 0 Å². The lowest BCUT2D eigenvalue weighted by Gasteiger charge is -2.12. The van der Waals surface area contributed by atoms with Crippen molar-refractivity contribution in [2.75, 3.05) is 0 Å². The van der Waals surface area contributed by atoms with Crippen LogP contribution in [-0.4, -0.2) is 19.6 Å². The summed E-state index contributed by atoms with van der Waals surface area (Å²) in [5, 5.41) is 10.3. The predicted octanol–water partition coefficient (Wildman–Crippen LogP) is 15.3. The molecule has 0 N–H and O–H groups in total. The maximum atomic E-state index is 5.44. The lowest BCUT2D eigenvalue weighted by atomic mass is 9.95. The fourth-order valence-corrected chi connectivity index (χ4v) is 9.89. The molecule has 0 unspecified atom stereocenters. The maximum absolute atomic E-state index is 5.44. The van der Waals surface area contributed by atoms with E-state index in [2.05, 4.69) is 217 Å². The quantitative estimate of drug-likeness (QED) is 0.161. The summed E-state index contributed by atoms with van der Waals surface area (Å²) in [5.74, 6) is 0.662. The molecule has 4 aromatic heterocycles. The van der Waals surface area contributed by atoms with Gasteiger partial charge in [0.1, 0.15) is 5.69 Å². The first-order valence-corrected chi connectivity index (χ1v) is 21.7. The Kier molecular flexibility index (Phi) is 8.65. The van der Waals surface area contributed by atoms with Crippen molar-refractivity contribution >= 4 is 47.8 Å². The highest BCUT2D eigenvalue weighted by Gasteiger charge is 2.22. The Bertz CT molecular complexity index is 3610. The summed E-state index contributed by atoms with van der Waals surface area (Å²) in [6, 6.07) is 77.3. The number of pyridine rings is 1. The number of hydrogen-bond donors (Lipinski definition) is 0. The fraction of sp³-hybridized carbons (Fsp3) is 0. The van der Waals surface area contributed by atoms with Gasteiger partial charge in [0.25, 0.3) is 0 Å². The van der Waals surface area contributed by atoms with Crippen LogP contribution in [0.5, 0.6) is 0 Å². The third-order valence-corrected chi connectivity index (χ3v) is 13.0. The van der Waals surface area contributed by atoms with Gasteiger partial charge in [-0.1, -0.05) is 182 Å². The van der Waals surface area contributed by atoms with Gasteiger partial charge in [-0.05, 0) is 58.5 Å². The number of fused-ring (bicyclic) bond motifs is 6. The molecule has 0 spiro atoms. The first-order chi connectivity index (χ1) is 30.7. The minimum atomic E-state index is 0.662. The molecule has 62 heavy (non-hydrogen) atoms. The van der Waals surface area contributed by atoms with Crippen LogP contribution in [0.15, 0.2) is 218 Å². The molecule has 4 heterocycles. The molecular weight excluding hydrogens is 773 g/mol. The summed E-state index contributed by atoms with van der Waals surface area (Å²) in [7, 11) is 0. The van der Waals surface area contributed by atoms with Crippen LogP contribution < -0.4 is 0 Å². The van der Waals surface area contributed by atoms with Crippen molar-refractivity contribution in [2.45, 2.75) is 0 Å². The van der Waals surface area contributed by atoms with E-state index in [-0.39, 0.29) is 0 Å². The number of aromatic nitrogens is 4. The van der Waals surface area contributed by atoms with Crippen molar-refractivity contribution in [1.82, 2.24) is 19.6 Å². The van der Waals surface area contributed by atoms with Crippen LogP contribution in [0.2, 0.25) is 0 Å². The van der Waals surface area contributed by atoms with Crippen molar-refractivity contribution in [2.24, 2.45) is 0 Å². The molecule has 0 aliphatic carbocycles. The van der Waals surface area contributed by atoms with Crippen LogP contribution in [0.25, 0.3) is 115 Å². The van der Waals surface area contributed by atoms with Crippen molar-refractivity contribution in [3.05, 3.63) is 218 Å². The van der Waals surface area contributed by atoms with Gasteiger partial charge in [-0.2, -0.15) is 5.10 Å². The topological polar surface area (TPSA) is 43.1 Å². The van der Waals surface area contributed by atoms with Crippen molar-refractivity contribution < 1.29 is 0 Å². The predicted molar refractivity (Wildman–Crippen MR) is 259 cm³/mol. The molecule has 12 rings (SSSR count). The highest BCUT2D eigenvalue weighted by molar-refractivity contribution is 7.25. The van der Waals surface area contributed by atoms with Crippen molar-refractivity contribution in [1.29, 1.82) is 0 Å². The van der Waals surface area contributed by atoms with E-state index in [1.807, 2.05) is 17.4 Å². The molecule has 8 aromatic carbocycles. The van der Waals surface area contributed by atoms with E-state index in [0.29, 0.717) is 5.82 Å². The summed E-state index contributed by atoms with van der Waals surface area (Å²) >= 11 is 1.85. The first-order valence-electron chi connectivity index (χ1n) is 20.8. The van der Waals surface area contributed by atoms with Gasteiger partial charge in [0, 0.05) is 58.9 Å². The Labute approximate surface area is 362 Å². The zero-order valence-electron chi connectivity index (χ0n) is 33.5. The first kappa shape index (κ1) is 35.9. The Balaban J connectivity index is 1.01. The third-order valence-electron chi connectivity index (χ3n) is 11.8. The Morgan fingerprint density at radius 2 is 0.919 bits per heavy atom. The second-order valence-corrected chi connectivity index (χ2v) is 16.7. The van der Waals surface area contributed by atoms with Crippen LogP contribution >= 0.6 is 11.3 Å². The number of hydrogen-bond acceptors (Lipinski definition) is 4. The van der Waals surface area contributed by atoms with Gasteiger partial charge >= 0.3 is 0 Å². The molecule has 290 valence electrons. The monoisotopic (exact) mass is 808 g/mol. The zero-order chi connectivity index (χ0) is 41.0. The number of thiophene rings is 1. The standard InChI is InChI=1S/C57H36N4S/c1-4-15-38(16-5-1)49-36-50(39-29-27-37(28-30-39)42-31-32-53-48(34-42)47-25-12-13-26-52(47)62-53)59-57(58-49)45-23-14-22-44(33-45)54-55(41-19-8-3-9-20-41)60-61-51(40-17-6-2-7-18-40)35-43-21-10-11-24-46(43)56(54)61/h1-36H. The number of nitrogens with zero attached hydrogens (tertiary/aromatic N) is 4. The summed E-state index contributed by atoms with van der Waals surface area (Å²) in [6.07, 6.45) is 0. The van der Waals surface area contributed by atoms with E-state index in [1.54, 1.807) is 0 Å². The molecule has 0 amide bonds. The van der Waals surface area contributed by atoms with Gasteiger partial charge in [-0.3, -0.25) is 0 Å². The summed E-state index contributed by atoms with van der Waals surface area (Å²) < 4.78 is 4.76. The van der Waals surface area contributed by atoms with E-state index < -0.39 is 0 Å². The fourth-order valence-electron chi connectivity index (χ4n) is 8.81. The van der Waals surface area contributed by atoms with E-state index in [4.69, 9.17) is 15.1 Å². The Morgan fingerprint density at radius 3 is 1.68 bits per heavy atom. The SMILES string of the molecule is c1ccc(-c2cc(-c3ccc(-c4ccc5sc6ccccc6c5c4)cc3)nc(-c3cccc(-c4c(-c5ccccc5)nn5c(-c6ccccc6)cc6ccccc6c45)c3)n2)cc1. The molecule has 0 atom stereocenters. The molecule has 0 saturated carbocycles. The molecular formula is C57H36N4S. The number of rotatable bonds is 7. The van der Waals surface area contributed by atoms with Gasteiger partial charge in [-0.15, -0.1) is 11.3 Å². The van der Waals surface area contributed by atoms with Gasteiger partial charge < -0.3 is 0 Å². The third kappa shape index (κ3) is 6.26. The largest absolute Gasteiger partial charge is 0.231 e. The molecule has 0 aliphatic rings. The van der Waals surface area contributed by atoms with Gasteiger partial charge in [-0.25, -0.2) is 14.5 Å². The molecule has 0 saturated heterocycles. The molecule has 0 radical (unpaired) electrons. The summed E-state index contributed by atoms with van der Waals surface area (Å²) in [6.45, 7) is 0. The minimum Gasteiger partial charge on any atom is -0.231 e. The van der Waals surface area contributed by atoms with Gasteiger partial charge in [0.15, 0.2) is 5.82 Å². The van der Waals surface area contributed by atoms with Crippen LogP contribution in [-0.2, 0) is 0 Å². The van der Waals surface area contributed by atoms with E-state index in [1.165, 1.54) is 31.3 Å². The smallest absolute Gasteiger partial charge is 0.160 e. The summed E-state index contributed by atoms with van der Waals surface area (Å²) in [5.41, 5.74) is 14.4. The second kappa shape index (κ2) is 14.9. The van der Waals surface area contributed by atoms with Crippen molar-refractivity contribution in [3.8, 4) is 78.7 Å².